The molecule has 0 radical (unpaired) electrons. The second-order valence-corrected chi connectivity index (χ2v) is 4.41. The van der Waals surface area contributed by atoms with Crippen LogP contribution in [0.25, 0.3) is 0 Å². The van der Waals surface area contributed by atoms with Gasteiger partial charge in [-0.1, -0.05) is 30.1 Å². The van der Waals surface area contributed by atoms with E-state index in [0.29, 0.717) is 33.4 Å². The minimum Gasteiger partial charge on any atom is -0.469 e. The van der Waals surface area contributed by atoms with Crippen molar-refractivity contribution in [3.8, 4) is 0 Å². The Labute approximate surface area is 109 Å². The molecular formula is C13H10Cl2O2. The molecule has 0 aliphatic carbocycles. The van der Waals surface area contributed by atoms with Gasteiger partial charge in [-0.3, -0.25) is 4.79 Å². The summed E-state index contributed by atoms with van der Waals surface area (Å²) in [6, 6.07) is 6.49. The lowest BCUT2D eigenvalue weighted by Gasteiger charge is -2.03. The molecule has 1 aromatic heterocycles. The van der Waals surface area contributed by atoms with Gasteiger partial charge < -0.3 is 4.42 Å². The van der Waals surface area contributed by atoms with Crippen molar-refractivity contribution in [3.63, 3.8) is 0 Å². The summed E-state index contributed by atoms with van der Waals surface area (Å²) in [5, 5.41) is 0.861. The maximum atomic E-state index is 12.2. The van der Waals surface area contributed by atoms with E-state index >= 15 is 0 Å². The molecule has 0 saturated carbocycles. The molecule has 1 heterocycles. The number of hydrogen-bond donors (Lipinski definition) is 0. The van der Waals surface area contributed by atoms with Crippen LogP contribution < -0.4 is 0 Å². The summed E-state index contributed by atoms with van der Waals surface area (Å²) < 4.78 is 5.23. The van der Waals surface area contributed by atoms with Crippen LogP contribution in [-0.4, -0.2) is 5.78 Å². The van der Waals surface area contributed by atoms with Crippen LogP contribution in [0.1, 0.15) is 28.6 Å². The third-order valence-electron chi connectivity index (χ3n) is 2.49. The van der Waals surface area contributed by atoms with Crippen molar-refractivity contribution < 1.29 is 9.21 Å². The van der Waals surface area contributed by atoms with Gasteiger partial charge in [-0.05, 0) is 24.3 Å². The van der Waals surface area contributed by atoms with E-state index in [1.165, 1.54) is 6.26 Å². The summed E-state index contributed by atoms with van der Waals surface area (Å²) in [5.74, 6) is 0.526. The molecule has 88 valence electrons. The summed E-state index contributed by atoms with van der Waals surface area (Å²) in [6.45, 7) is 1.93. The lowest BCUT2D eigenvalue weighted by Crippen LogP contribution is -2.03. The number of furan rings is 1. The lowest BCUT2D eigenvalue weighted by atomic mass is 10.0. The fraction of sp³-hybridized carbons (Fsp3) is 0.154. The van der Waals surface area contributed by atoms with Crippen LogP contribution in [-0.2, 0) is 6.42 Å². The quantitative estimate of drug-likeness (QED) is 0.774. The molecule has 0 aliphatic rings. The van der Waals surface area contributed by atoms with E-state index in [2.05, 4.69) is 0 Å². The van der Waals surface area contributed by atoms with Crippen molar-refractivity contribution in [2.75, 3.05) is 0 Å². The Morgan fingerprint density at radius 3 is 2.65 bits per heavy atom. The Morgan fingerprint density at radius 1 is 1.24 bits per heavy atom. The highest BCUT2D eigenvalue weighted by Crippen LogP contribution is 2.25. The summed E-state index contributed by atoms with van der Waals surface area (Å²) >= 11 is 11.8. The van der Waals surface area contributed by atoms with Crippen LogP contribution in [0.2, 0.25) is 10.0 Å². The number of aryl methyl sites for hydroxylation is 1. The first-order valence-electron chi connectivity index (χ1n) is 5.19. The predicted octanol–water partition coefficient (Wildman–Crippen LogP) is 4.38. The first-order valence-corrected chi connectivity index (χ1v) is 5.95. The topological polar surface area (TPSA) is 30.2 Å². The number of benzene rings is 1. The monoisotopic (exact) mass is 268 g/mol. The third-order valence-corrected chi connectivity index (χ3v) is 3.03. The molecule has 0 amide bonds. The van der Waals surface area contributed by atoms with Gasteiger partial charge >= 0.3 is 0 Å². The zero-order valence-corrected chi connectivity index (χ0v) is 10.7. The third kappa shape index (κ3) is 2.38. The molecule has 0 atom stereocenters. The maximum Gasteiger partial charge on any atom is 0.198 e. The van der Waals surface area contributed by atoms with Crippen LogP contribution in [0.4, 0.5) is 0 Å². The van der Waals surface area contributed by atoms with Crippen LogP contribution >= 0.6 is 23.2 Å². The zero-order chi connectivity index (χ0) is 12.4. The fourth-order valence-electron chi connectivity index (χ4n) is 1.64. The van der Waals surface area contributed by atoms with Gasteiger partial charge in [0.2, 0.25) is 0 Å². The Morgan fingerprint density at radius 2 is 2.00 bits per heavy atom. The Kier molecular flexibility index (Phi) is 3.55. The molecule has 1 aromatic carbocycles. The second kappa shape index (κ2) is 4.94. The van der Waals surface area contributed by atoms with Gasteiger partial charge in [0.1, 0.15) is 5.76 Å². The van der Waals surface area contributed by atoms with Crippen molar-refractivity contribution in [2.24, 2.45) is 0 Å². The smallest absolute Gasteiger partial charge is 0.198 e. The zero-order valence-electron chi connectivity index (χ0n) is 9.17. The molecule has 2 rings (SSSR count). The molecular weight excluding hydrogens is 259 g/mol. The van der Waals surface area contributed by atoms with Crippen LogP contribution in [0.5, 0.6) is 0 Å². The molecule has 0 unspecified atom stereocenters. The van der Waals surface area contributed by atoms with Crippen LogP contribution in [0, 0.1) is 0 Å². The molecule has 2 nitrogen and oxygen atoms in total. The average molecular weight is 269 g/mol. The lowest BCUT2D eigenvalue weighted by molar-refractivity contribution is 0.103. The molecule has 0 aliphatic heterocycles. The normalized spacial score (nSPS) is 10.5. The highest BCUT2D eigenvalue weighted by atomic mass is 35.5. The summed E-state index contributed by atoms with van der Waals surface area (Å²) in [6.07, 6.45) is 2.18. The SMILES string of the molecule is CCc1occc1C(=O)c1ccc(Cl)cc1Cl. The number of carbonyl (C=O) groups excluding carboxylic acids is 1. The molecule has 0 saturated heterocycles. The van der Waals surface area contributed by atoms with Gasteiger partial charge in [-0.25, -0.2) is 0 Å². The standard InChI is InChI=1S/C13H10Cl2O2/c1-2-12-10(5-6-17-12)13(16)9-4-3-8(14)7-11(9)15/h3-7H,2H2,1H3. The van der Waals surface area contributed by atoms with E-state index in [4.69, 9.17) is 27.6 Å². The summed E-state index contributed by atoms with van der Waals surface area (Å²) in [5.41, 5.74) is 0.990. The molecule has 2 aromatic rings. The van der Waals surface area contributed by atoms with E-state index in [9.17, 15) is 4.79 Å². The van der Waals surface area contributed by atoms with E-state index in [1.807, 2.05) is 6.92 Å². The summed E-state index contributed by atoms with van der Waals surface area (Å²) in [7, 11) is 0. The van der Waals surface area contributed by atoms with Crippen molar-refractivity contribution in [2.45, 2.75) is 13.3 Å². The Balaban J connectivity index is 2.44. The number of carbonyl (C=O) groups is 1. The summed E-state index contributed by atoms with van der Waals surface area (Å²) in [4.78, 5) is 12.2. The Hall–Kier alpha value is -1.25. The van der Waals surface area contributed by atoms with Gasteiger partial charge in [0.25, 0.3) is 0 Å². The Bertz CT molecular complexity index is 558. The minimum absolute atomic E-state index is 0.141. The van der Waals surface area contributed by atoms with Crippen molar-refractivity contribution in [1.29, 1.82) is 0 Å². The molecule has 17 heavy (non-hydrogen) atoms. The van der Waals surface area contributed by atoms with Crippen molar-refractivity contribution >= 4 is 29.0 Å². The highest BCUT2D eigenvalue weighted by Gasteiger charge is 2.17. The maximum absolute atomic E-state index is 12.2. The first-order chi connectivity index (χ1) is 8.13. The predicted molar refractivity (Wildman–Crippen MR) is 68.0 cm³/mol. The first kappa shape index (κ1) is 12.2. The van der Waals surface area contributed by atoms with Gasteiger partial charge in [0, 0.05) is 17.0 Å². The molecule has 0 bridgehead atoms. The van der Waals surface area contributed by atoms with Gasteiger partial charge in [-0.2, -0.15) is 0 Å². The fourth-order valence-corrected chi connectivity index (χ4v) is 2.13. The van der Waals surface area contributed by atoms with Gasteiger partial charge in [-0.15, -0.1) is 0 Å². The number of hydrogen-bond acceptors (Lipinski definition) is 2. The van der Waals surface area contributed by atoms with E-state index < -0.39 is 0 Å². The molecule has 0 N–H and O–H groups in total. The van der Waals surface area contributed by atoms with Crippen molar-refractivity contribution in [3.05, 3.63) is 57.5 Å². The average Bonchev–Trinajstić information content (AvgIpc) is 2.76. The molecule has 0 fully saturated rings. The number of ketones is 1. The van der Waals surface area contributed by atoms with Gasteiger partial charge in [0.05, 0.1) is 16.8 Å². The van der Waals surface area contributed by atoms with Gasteiger partial charge in [0.15, 0.2) is 5.78 Å². The minimum atomic E-state index is -0.141. The highest BCUT2D eigenvalue weighted by molar-refractivity contribution is 6.37. The second-order valence-electron chi connectivity index (χ2n) is 3.56. The molecule has 4 heteroatoms. The number of rotatable bonds is 3. The van der Waals surface area contributed by atoms with Crippen LogP contribution in [0.15, 0.2) is 34.9 Å². The van der Waals surface area contributed by atoms with E-state index in [0.717, 1.165) is 0 Å². The largest absolute Gasteiger partial charge is 0.469 e. The van der Waals surface area contributed by atoms with Crippen LogP contribution in [0.3, 0.4) is 0 Å². The van der Waals surface area contributed by atoms with E-state index in [-0.39, 0.29) is 5.78 Å². The number of halogens is 2. The van der Waals surface area contributed by atoms with Crippen molar-refractivity contribution in [1.82, 2.24) is 0 Å². The van der Waals surface area contributed by atoms with E-state index in [1.54, 1.807) is 24.3 Å². The molecule has 0 spiro atoms.